The van der Waals surface area contributed by atoms with Gasteiger partial charge in [0, 0.05) is 25.3 Å². The van der Waals surface area contributed by atoms with E-state index >= 15 is 0 Å². The highest BCUT2D eigenvalue weighted by molar-refractivity contribution is 5.91. The van der Waals surface area contributed by atoms with Gasteiger partial charge in [-0.15, -0.1) is 0 Å². The average Bonchev–Trinajstić information content (AvgIpc) is 3.34. The Morgan fingerprint density at radius 3 is 2.82 bits per heavy atom. The number of benzene rings is 1. The lowest BCUT2D eigenvalue weighted by molar-refractivity contribution is -0.116. The normalized spacial score (nSPS) is 11.1. The van der Waals surface area contributed by atoms with Crippen molar-refractivity contribution in [3.63, 3.8) is 0 Å². The predicted molar refractivity (Wildman–Crippen MR) is 101 cm³/mol. The summed E-state index contributed by atoms with van der Waals surface area (Å²) in [6.07, 6.45) is 4.33. The Morgan fingerprint density at radius 2 is 2.07 bits per heavy atom. The average molecular weight is 380 g/mol. The van der Waals surface area contributed by atoms with Gasteiger partial charge < -0.3 is 14.3 Å². The second kappa shape index (κ2) is 6.65. The standard InChI is InChI=1S/C18H16N6O4/c1-22-9-20-16-15(22)17(26)24(18(27)23(16)2)8-14(25)21-12-5-3-4-11(6-12)13-7-19-10-28-13/h3-7,9-10H,8H2,1-2H3,(H,21,25). The molecule has 0 bridgehead atoms. The Balaban J connectivity index is 1.63. The molecule has 0 radical (unpaired) electrons. The van der Waals surface area contributed by atoms with Gasteiger partial charge in [0.05, 0.1) is 12.5 Å². The minimum Gasteiger partial charge on any atom is -0.444 e. The lowest BCUT2D eigenvalue weighted by Crippen LogP contribution is -2.42. The van der Waals surface area contributed by atoms with Crippen LogP contribution in [0.2, 0.25) is 0 Å². The van der Waals surface area contributed by atoms with E-state index in [1.165, 1.54) is 28.9 Å². The molecule has 0 unspecified atom stereocenters. The molecule has 142 valence electrons. The van der Waals surface area contributed by atoms with E-state index in [1.54, 1.807) is 31.4 Å². The number of nitrogens with zero attached hydrogens (tertiary/aromatic N) is 5. The van der Waals surface area contributed by atoms with Gasteiger partial charge in [-0.1, -0.05) is 12.1 Å². The molecule has 0 fully saturated rings. The van der Waals surface area contributed by atoms with Gasteiger partial charge >= 0.3 is 5.69 Å². The lowest BCUT2D eigenvalue weighted by atomic mass is 10.1. The zero-order valence-corrected chi connectivity index (χ0v) is 15.1. The highest BCUT2D eigenvalue weighted by atomic mass is 16.3. The molecule has 3 heterocycles. The van der Waals surface area contributed by atoms with Crippen LogP contribution >= 0.6 is 0 Å². The number of oxazole rings is 1. The number of rotatable bonds is 4. The van der Waals surface area contributed by atoms with Crippen LogP contribution in [0.25, 0.3) is 22.5 Å². The second-order valence-corrected chi connectivity index (χ2v) is 6.26. The first-order chi connectivity index (χ1) is 13.5. The summed E-state index contributed by atoms with van der Waals surface area (Å²) in [4.78, 5) is 45.6. The van der Waals surface area contributed by atoms with Crippen LogP contribution < -0.4 is 16.6 Å². The minimum absolute atomic E-state index is 0.252. The number of hydrogen-bond acceptors (Lipinski definition) is 6. The van der Waals surface area contributed by atoms with E-state index in [-0.39, 0.29) is 11.2 Å². The van der Waals surface area contributed by atoms with E-state index < -0.39 is 23.7 Å². The molecule has 10 heteroatoms. The molecule has 1 N–H and O–H groups in total. The molecule has 0 atom stereocenters. The largest absolute Gasteiger partial charge is 0.444 e. The number of carbonyl (C=O) groups is 1. The van der Waals surface area contributed by atoms with Gasteiger partial charge in [0.15, 0.2) is 23.3 Å². The van der Waals surface area contributed by atoms with Crippen molar-refractivity contribution in [2.45, 2.75) is 6.54 Å². The Morgan fingerprint density at radius 1 is 1.25 bits per heavy atom. The number of carbonyl (C=O) groups excluding carboxylic acids is 1. The van der Waals surface area contributed by atoms with Gasteiger partial charge in [-0.05, 0) is 12.1 Å². The van der Waals surface area contributed by atoms with E-state index in [1.807, 2.05) is 6.07 Å². The van der Waals surface area contributed by atoms with Crippen molar-refractivity contribution < 1.29 is 9.21 Å². The van der Waals surface area contributed by atoms with E-state index in [2.05, 4.69) is 15.3 Å². The number of amides is 1. The second-order valence-electron chi connectivity index (χ2n) is 6.26. The molecule has 28 heavy (non-hydrogen) atoms. The maximum atomic E-state index is 12.7. The van der Waals surface area contributed by atoms with Gasteiger partial charge in [0.2, 0.25) is 5.91 Å². The Kier molecular flexibility index (Phi) is 4.15. The molecule has 4 rings (SSSR count). The third-order valence-electron chi connectivity index (χ3n) is 4.37. The van der Waals surface area contributed by atoms with Crippen molar-refractivity contribution in [2.24, 2.45) is 14.1 Å². The van der Waals surface area contributed by atoms with Crippen LogP contribution in [-0.2, 0) is 25.4 Å². The third kappa shape index (κ3) is 2.90. The van der Waals surface area contributed by atoms with Crippen molar-refractivity contribution in [1.82, 2.24) is 23.7 Å². The van der Waals surface area contributed by atoms with Crippen molar-refractivity contribution >= 4 is 22.8 Å². The fourth-order valence-corrected chi connectivity index (χ4v) is 2.99. The first-order valence-corrected chi connectivity index (χ1v) is 8.35. The van der Waals surface area contributed by atoms with Gasteiger partial charge in [-0.25, -0.2) is 19.3 Å². The molecule has 4 aromatic rings. The maximum Gasteiger partial charge on any atom is 0.332 e. The number of imidazole rings is 1. The van der Waals surface area contributed by atoms with Crippen LogP contribution in [0.3, 0.4) is 0 Å². The lowest BCUT2D eigenvalue weighted by Gasteiger charge is -2.10. The molecule has 1 aromatic carbocycles. The Labute approximate surface area is 157 Å². The van der Waals surface area contributed by atoms with E-state index in [0.29, 0.717) is 11.4 Å². The van der Waals surface area contributed by atoms with E-state index in [9.17, 15) is 14.4 Å². The molecule has 0 aliphatic heterocycles. The van der Waals surface area contributed by atoms with Gasteiger partial charge in [-0.2, -0.15) is 0 Å². The molecule has 0 aliphatic carbocycles. The number of anilines is 1. The SMILES string of the molecule is Cn1cnc2c1c(=O)n(CC(=O)Nc1cccc(-c3cnco3)c1)c(=O)n2C. The summed E-state index contributed by atoms with van der Waals surface area (Å²) in [7, 11) is 3.16. The number of hydrogen-bond donors (Lipinski definition) is 1. The molecule has 0 saturated carbocycles. The summed E-state index contributed by atoms with van der Waals surface area (Å²) in [6, 6.07) is 6.97. The molecule has 1 amide bonds. The van der Waals surface area contributed by atoms with Crippen molar-refractivity contribution in [2.75, 3.05) is 5.32 Å². The minimum atomic E-state index is -0.609. The smallest absolute Gasteiger partial charge is 0.332 e. The number of nitrogens with one attached hydrogen (secondary N) is 1. The van der Waals surface area contributed by atoms with Crippen LogP contribution in [0.15, 0.2) is 57.2 Å². The first-order valence-electron chi connectivity index (χ1n) is 8.35. The summed E-state index contributed by atoms with van der Waals surface area (Å²) in [6.45, 7) is -0.417. The Bertz CT molecular complexity index is 1300. The van der Waals surface area contributed by atoms with Crippen LogP contribution in [0.5, 0.6) is 0 Å². The summed E-state index contributed by atoms with van der Waals surface area (Å²) in [5, 5.41) is 2.69. The molecular formula is C18H16N6O4. The number of aromatic nitrogens is 5. The van der Waals surface area contributed by atoms with Crippen LogP contribution in [0, 0.1) is 0 Å². The maximum absolute atomic E-state index is 12.7. The molecule has 10 nitrogen and oxygen atoms in total. The van der Waals surface area contributed by atoms with Crippen molar-refractivity contribution in [3.8, 4) is 11.3 Å². The summed E-state index contributed by atoms with van der Waals surface area (Å²) >= 11 is 0. The van der Waals surface area contributed by atoms with Crippen LogP contribution in [0.1, 0.15) is 0 Å². The van der Waals surface area contributed by atoms with E-state index in [4.69, 9.17) is 4.42 Å². The van der Waals surface area contributed by atoms with Crippen LogP contribution in [0.4, 0.5) is 5.69 Å². The predicted octanol–water partition coefficient (Wildman–Crippen LogP) is 0.727. The molecule has 0 aliphatic rings. The quantitative estimate of drug-likeness (QED) is 0.558. The summed E-state index contributed by atoms with van der Waals surface area (Å²) in [5.41, 5.74) is 0.589. The number of aryl methyl sites for hydroxylation is 2. The highest BCUT2D eigenvalue weighted by Crippen LogP contribution is 2.22. The zero-order chi connectivity index (χ0) is 19.8. The summed E-state index contributed by atoms with van der Waals surface area (Å²) < 4.78 is 8.90. The van der Waals surface area contributed by atoms with Crippen molar-refractivity contribution in [1.29, 1.82) is 0 Å². The fourth-order valence-electron chi connectivity index (χ4n) is 2.99. The molecular weight excluding hydrogens is 364 g/mol. The Hall–Kier alpha value is -3.95. The van der Waals surface area contributed by atoms with Crippen molar-refractivity contribution in [3.05, 3.63) is 64.0 Å². The third-order valence-corrected chi connectivity index (χ3v) is 4.37. The first kappa shape index (κ1) is 17.5. The van der Waals surface area contributed by atoms with Gasteiger partial charge in [0.1, 0.15) is 6.54 Å². The zero-order valence-electron chi connectivity index (χ0n) is 15.1. The van der Waals surface area contributed by atoms with Crippen LogP contribution in [-0.4, -0.2) is 29.6 Å². The van der Waals surface area contributed by atoms with Gasteiger partial charge in [-0.3, -0.25) is 14.2 Å². The molecule has 0 spiro atoms. The monoisotopic (exact) mass is 380 g/mol. The molecule has 0 saturated heterocycles. The highest BCUT2D eigenvalue weighted by Gasteiger charge is 2.17. The fraction of sp³-hybridized carbons (Fsp3) is 0.167. The molecule has 3 aromatic heterocycles. The van der Waals surface area contributed by atoms with Gasteiger partial charge in [0.25, 0.3) is 5.56 Å². The topological polar surface area (TPSA) is 117 Å². The van der Waals surface area contributed by atoms with E-state index in [0.717, 1.165) is 10.1 Å². The summed E-state index contributed by atoms with van der Waals surface area (Å²) in [5.74, 6) is 0.0540. The number of fused-ring (bicyclic) bond motifs is 1.